The van der Waals surface area contributed by atoms with Gasteiger partial charge in [0, 0.05) is 26.3 Å². The quantitative estimate of drug-likeness (QED) is 0.635. The molecule has 2 amide bonds. The summed E-state index contributed by atoms with van der Waals surface area (Å²) in [5, 5.41) is 10.3. The second-order valence-corrected chi connectivity index (χ2v) is 6.60. The van der Waals surface area contributed by atoms with Gasteiger partial charge in [-0.3, -0.25) is 19.8 Å². The molecule has 8 heteroatoms. The molecule has 1 aromatic carbocycles. The summed E-state index contributed by atoms with van der Waals surface area (Å²) in [6, 6.07) is 5.95. The van der Waals surface area contributed by atoms with Crippen LogP contribution in [0.4, 0.5) is 0 Å². The first-order valence-corrected chi connectivity index (χ1v) is 8.04. The average Bonchev–Trinajstić information content (AvgIpc) is 2.52. The molecule has 2 rings (SSSR count). The first kappa shape index (κ1) is 19.2. The molecule has 0 radical (unpaired) electrons. The monoisotopic (exact) mass is 359 g/mol. The van der Waals surface area contributed by atoms with Crippen molar-refractivity contribution in [2.45, 2.75) is 52.4 Å². The summed E-state index contributed by atoms with van der Waals surface area (Å²) in [7, 11) is 0. The highest BCUT2D eigenvalue weighted by molar-refractivity contribution is 5.80. The van der Waals surface area contributed by atoms with Crippen LogP contribution >= 0.6 is 0 Å². The van der Waals surface area contributed by atoms with E-state index in [4.69, 9.17) is 9.47 Å². The van der Waals surface area contributed by atoms with E-state index < -0.39 is 35.5 Å². The molecule has 0 unspecified atom stereocenters. The van der Waals surface area contributed by atoms with Crippen LogP contribution in [0, 0.1) is 11.3 Å². The van der Waals surface area contributed by atoms with Gasteiger partial charge in [0.1, 0.15) is 17.4 Å². The molecule has 0 aliphatic carbocycles. The molecule has 0 aromatic heterocycles. The number of nitriles is 1. The van der Waals surface area contributed by atoms with E-state index in [9.17, 15) is 19.6 Å². The first-order chi connectivity index (χ1) is 12.1. The maximum Gasteiger partial charge on any atom is 0.303 e. The Morgan fingerprint density at radius 2 is 1.92 bits per heavy atom. The molecule has 1 aliphatic heterocycles. The van der Waals surface area contributed by atoms with E-state index in [1.165, 1.54) is 20.8 Å². The van der Waals surface area contributed by atoms with Gasteiger partial charge in [0.2, 0.25) is 11.8 Å². The van der Waals surface area contributed by atoms with Gasteiger partial charge in [-0.2, -0.15) is 5.26 Å². The number of carbonyl (C=O) groups excluding carboxylic acids is 3. The fourth-order valence-electron chi connectivity index (χ4n) is 3.00. The predicted octanol–water partition coefficient (Wildman–Crippen LogP) is 1.60. The lowest BCUT2D eigenvalue weighted by Crippen LogP contribution is -2.59. The Labute approximate surface area is 151 Å². The maximum atomic E-state index is 12.3. The van der Waals surface area contributed by atoms with Gasteiger partial charge in [-0.1, -0.05) is 0 Å². The Kier molecular flexibility index (Phi) is 5.21. The van der Waals surface area contributed by atoms with E-state index in [1.807, 2.05) is 6.07 Å². The standard InChI is InChI=1S/C18H21N3O5/c1-10(22)20-21(11(2)23)16-14-8-13(9-19)6-7-15(14)26-18(4,5)17(16)25-12(3)24/h6-8,16-17H,1-5H3,(H,20,22)/t16-,17+/m1/s1. The summed E-state index contributed by atoms with van der Waals surface area (Å²) in [5.41, 5.74) is 2.32. The number of fused-ring (bicyclic) bond motifs is 1. The summed E-state index contributed by atoms with van der Waals surface area (Å²) in [5.74, 6) is -1.01. The molecule has 1 aliphatic rings. The van der Waals surface area contributed by atoms with E-state index in [0.717, 1.165) is 5.01 Å². The average molecular weight is 359 g/mol. The number of benzene rings is 1. The van der Waals surface area contributed by atoms with E-state index in [0.29, 0.717) is 16.9 Å². The third kappa shape index (κ3) is 3.77. The first-order valence-electron chi connectivity index (χ1n) is 8.04. The van der Waals surface area contributed by atoms with Crippen molar-refractivity contribution in [3.05, 3.63) is 29.3 Å². The van der Waals surface area contributed by atoms with Crippen molar-refractivity contribution in [2.75, 3.05) is 0 Å². The van der Waals surface area contributed by atoms with Gasteiger partial charge < -0.3 is 9.47 Å². The highest BCUT2D eigenvalue weighted by atomic mass is 16.6. The Balaban J connectivity index is 2.69. The summed E-state index contributed by atoms with van der Waals surface area (Å²) < 4.78 is 11.4. The van der Waals surface area contributed by atoms with Crippen LogP contribution in [0.25, 0.3) is 0 Å². The zero-order valence-corrected chi connectivity index (χ0v) is 15.3. The van der Waals surface area contributed by atoms with E-state index in [-0.39, 0.29) is 0 Å². The molecule has 0 fully saturated rings. The van der Waals surface area contributed by atoms with Crippen molar-refractivity contribution < 1.29 is 23.9 Å². The van der Waals surface area contributed by atoms with Crippen LogP contribution in [-0.4, -0.2) is 34.5 Å². The molecular weight excluding hydrogens is 338 g/mol. The number of hydrogen-bond acceptors (Lipinski definition) is 6. The number of esters is 1. The Hall–Kier alpha value is -3.08. The molecule has 138 valence electrons. The number of amides is 2. The lowest BCUT2D eigenvalue weighted by Gasteiger charge is -2.47. The van der Waals surface area contributed by atoms with Crippen molar-refractivity contribution >= 4 is 17.8 Å². The maximum absolute atomic E-state index is 12.3. The second-order valence-electron chi connectivity index (χ2n) is 6.60. The van der Waals surface area contributed by atoms with Crippen LogP contribution in [0.3, 0.4) is 0 Å². The molecule has 1 aromatic rings. The van der Waals surface area contributed by atoms with Crippen LogP contribution in [0.5, 0.6) is 5.75 Å². The van der Waals surface area contributed by atoms with Crippen LogP contribution in [0.1, 0.15) is 51.8 Å². The minimum absolute atomic E-state index is 0.352. The van der Waals surface area contributed by atoms with Gasteiger partial charge in [-0.15, -0.1) is 0 Å². The fraction of sp³-hybridized carbons (Fsp3) is 0.444. The molecule has 1 N–H and O–H groups in total. The van der Waals surface area contributed by atoms with Crippen molar-refractivity contribution in [1.29, 1.82) is 5.26 Å². The number of nitrogens with zero attached hydrogens (tertiary/aromatic N) is 2. The lowest BCUT2D eigenvalue weighted by molar-refractivity contribution is -0.176. The van der Waals surface area contributed by atoms with Crippen LogP contribution in [-0.2, 0) is 19.1 Å². The van der Waals surface area contributed by atoms with Crippen LogP contribution in [0.2, 0.25) is 0 Å². The third-order valence-corrected chi connectivity index (χ3v) is 3.99. The summed E-state index contributed by atoms with van der Waals surface area (Å²) in [6.07, 6.45) is -0.905. The molecule has 8 nitrogen and oxygen atoms in total. The summed E-state index contributed by atoms with van der Waals surface area (Å²) >= 11 is 0. The Morgan fingerprint density at radius 3 is 2.42 bits per heavy atom. The van der Waals surface area contributed by atoms with Crippen molar-refractivity contribution in [2.24, 2.45) is 0 Å². The number of rotatable bonds is 2. The predicted molar refractivity (Wildman–Crippen MR) is 90.5 cm³/mol. The summed E-state index contributed by atoms with van der Waals surface area (Å²) in [4.78, 5) is 35.6. The number of carbonyl (C=O) groups is 3. The van der Waals surface area contributed by atoms with Crippen molar-refractivity contribution in [3.8, 4) is 11.8 Å². The van der Waals surface area contributed by atoms with E-state index >= 15 is 0 Å². The number of hydrazine groups is 1. The molecule has 1 heterocycles. The Morgan fingerprint density at radius 1 is 1.27 bits per heavy atom. The highest BCUT2D eigenvalue weighted by Gasteiger charge is 2.50. The Bertz CT molecular complexity index is 797. The van der Waals surface area contributed by atoms with Gasteiger partial charge in [0.25, 0.3) is 0 Å². The van der Waals surface area contributed by atoms with Gasteiger partial charge >= 0.3 is 5.97 Å². The van der Waals surface area contributed by atoms with E-state index in [2.05, 4.69) is 5.43 Å². The molecular formula is C18H21N3O5. The minimum atomic E-state index is -0.982. The molecule has 0 spiro atoms. The van der Waals surface area contributed by atoms with Crippen LogP contribution in [0.15, 0.2) is 18.2 Å². The smallest absolute Gasteiger partial charge is 0.303 e. The second kappa shape index (κ2) is 7.04. The number of nitrogens with one attached hydrogen (secondary N) is 1. The van der Waals surface area contributed by atoms with Crippen molar-refractivity contribution in [1.82, 2.24) is 10.4 Å². The zero-order chi connectivity index (χ0) is 19.6. The van der Waals surface area contributed by atoms with Gasteiger partial charge in [0.15, 0.2) is 6.10 Å². The van der Waals surface area contributed by atoms with Gasteiger partial charge in [-0.25, -0.2) is 5.01 Å². The fourth-order valence-corrected chi connectivity index (χ4v) is 3.00. The van der Waals surface area contributed by atoms with Crippen LogP contribution < -0.4 is 10.2 Å². The molecule has 0 bridgehead atoms. The number of hydrogen-bond donors (Lipinski definition) is 1. The zero-order valence-electron chi connectivity index (χ0n) is 15.3. The highest BCUT2D eigenvalue weighted by Crippen LogP contribution is 2.44. The van der Waals surface area contributed by atoms with Crippen molar-refractivity contribution in [3.63, 3.8) is 0 Å². The minimum Gasteiger partial charge on any atom is -0.484 e. The molecule has 2 atom stereocenters. The molecule has 0 saturated carbocycles. The van der Waals surface area contributed by atoms with Gasteiger partial charge in [0.05, 0.1) is 11.6 Å². The SMILES string of the molecule is CC(=O)NN(C(C)=O)[C@@H]1c2cc(C#N)ccc2OC(C)(C)[C@H]1OC(C)=O. The lowest BCUT2D eigenvalue weighted by atomic mass is 9.85. The summed E-state index contributed by atoms with van der Waals surface area (Å²) in [6.45, 7) is 7.26. The van der Waals surface area contributed by atoms with E-state index in [1.54, 1.807) is 32.0 Å². The van der Waals surface area contributed by atoms with Gasteiger partial charge in [-0.05, 0) is 32.0 Å². The number of ether oxygens (including phenoxy) is 2. The normalized spacial score (nSPS) is 20.0. The molecule has 26 heavy (non-hydrogen) atoms. The third-order valence-electron chi connectivity index (χ3n) is 3.99. The topological polar surface area (TPSA) is 109 Å². The molecule has 0 saturated heterocycles. The largest absolute Gasteiger partial charge is 0.484 e.